The Bertz CT molecular complexity index is 38.5. The molecule has 0 fully saturated rings. The second kappa shape index (κ2) is 6.73. The van der Waals surface area contributed by atoms with Gasteiger partial charge in [-0.25, -0.2) is 6.29 Å². The molecule has 33 valence electrons. The van der Waals surface area contributed by atoms with Crippen molar-refractivity contribution in [2.24, 2.45) is 0 Å². The fourth-order valence-corrected chi connectivity index (χ4v) is 0. The predicted molar refractivity (Wildman–Crippen MR) is 27.3 cm³/mol. The summed E-state index contributed by atoms with van der Waals surface area (Å²) in [6.45, 7) is 0. The van der Waals surface area contributed by atoms with E-state index in [1.807, 2.05) is 0 Å². The standard InChI is InChI=1S/C2HBr2O.Y/c3-2(4)1-5;/h2H;/q-1;. The van der Waals surface area contributed by atoms with E-state index in [1.165, 1.54) is 0 Å². The number of rotatable bonds is 1. The average molecular weight is 290 g/mol. The maximum atomic E-state index is 9.29. The van der Waals surface area contributed by atoms with Gasteiger partial charge < -0.3 is 4.79 Å². The summed E-state index contributed by atoms with van der Waals surface area (Å²) in [5.41, 5.74) is 0. The van der Waals surface area contributed by atoms with Gasteiger partial charge >= 0.3 is 0 Å². The summed E-state index contributed by atoms with van der Waals surface area (Å²) in [6, 6.07) is 0. The molecule has 0 aromatic rings. The zero-order valence-electron chi connectivity index (χ0n) is 2.82. The molecule has 0 aromatic carbocycles. The van der Waals surface area contributed by atoms with Crippen LogP contribution in [0.3, 0.4) is 0 Å². The molecular weight excluding hydrogens is 289 g/mol. The van der Waals surface area contributed by atoms with Crippen molar-refractivity contribution in [3.05, 3.63) is 0 Å². The fourth-order valence-electron chi connectivity index (χ4n) is 0. The number of hydrogen-bond donors (Lipinski definition) is 0. The van der Waals surface area contributed by atoms with Gasteiger partial charge in [-0.1, -0.05) is 0 Å². The molecule has 0 rings (SSSR count). The first kappa shape index (κ1) is 10.7. The van der Waals surface area contributed by atoms with Crippen molar-refractivity contribution >= 4 is 38.1 Å². The van der Waals surface area contributed by atoms with Crippen LogP contribution in [-0.4, -0.2) is 10.0 Å². The Morgan fingerprint density at radius 2 is 1.67 bits per heavy atom. The van der Waals surface area contributed by atoms with Crippen LogP contribution in [0.5, 0.6) is 0 Å². The van der Waals surface area contributed by atoms with Crippen LogP contribution in [0.2, 0.25) is 0 Å². The third kappa shape index (κ3) is 9.22. The Hall–Kier alpha value is 1.73. The number of halogens is 2. The van der Waals surface area contributed by atoms with Crippen LogP contribution in [0.15, 0.2) is 0 Å². The molecule has 0 aliphatic carbocycles. The first-order valence-electron chi connectivity index (χ1n) is 0.929. The number of carbonyl (C=O) groups excluding carboxylic acids is 1. The van der Waals surface area contributed by atoms with Gasteiger partial charge in [-0.2, -0.15) is 0 Å². The van der Waals surface area contributed by atoms with E-state index in [-0.39, 0.29) is 36.4 Å². The van der Waals surface area contributed by atoms with E-state index < -0.39 is 0 Å². The van der Waals surface area contributed by atoms with Crippen molar-refractivity contribution in [2.75, 3.05) is 0 Å². The fraction of sp³-hybridized carbons (Fsp3) is 0.500. The van der Waals surface area contributed by atoms with Crippen molar-refractivity contribution in [1.82, 2.24) is 0 Å². The van der Waals surface area contributed by atoms with E-state index in [0.717, 1.165) is 0 Å². The molecule has 0 bridgehead atoms. The molecule has 0 N–H and O–H groups in total. The van der Waals surface area contributed by atoms with E-state index in [4.69, 9.17) is 0 Å². The molecule has 0 heterocycles. The largest absolute Gasteiger partial charge is 0.540 e. The Kier molecular flexibility index (Phi) is 12.0. The van der Waals surface area contributed by atoms with Gasteiger partial charge in [-0.3, -0.25) is 0 Å². The third-order valence-corrected chi connectivity index (χ3v) is 0.463. The topological polar surface area (TPSA) is 17.1 Å². The minimum Gasteiger partial charge on any atom is -0.540 e. The molecule has 0 unspecified atom stereocenters. The van der Waals surface area contributed by atoms with Gasteiger partial charge in [0.25, 0.3) is 0 Å². The zero-order valence-corrected chi connectivity index (χ0v) is 8.83. The van der Waals surface area contributed by atoms with E-state index in [1.54, 1.807) is 6.29 Å². The van der Waals surface area contributed by atoms with Crippen LogP contribution in [0, 0.1) is 0 Å². The summed E-state index contributed by atoms with van der Waals surface area (Å²) in [5, 5.41) is 0. The second-order valence-electron chi connectivity index (χ2n) is 0.419. The van der Waals surface area contributed by atoms with E-state index in [2.05, 4.69) is 31.9 Å². The summed E-state index contributed by atoms with van der Waals surface area (Å²) in [6.07, 6.45) is 1.61. The molecule has 0 aromatic heterocycles. The first-order valence-corrected chi connectivity index (χ1v) is 2.76. The van der Waals surface area contributed by atoms with Crippen molar-refractivity contribution in [3.8, 4) is 0 Å². The molecule has 0 amide bonds. The molecule has 6 heavy (non-hydrogen) atoms. The van der Waals surface area contributed by atoms with Crippen molar-refractivity contribution in [3.63, 3.8) is 0 Å². The van der Waals surface area contributed by atoms with Crippen molar-refractivity contribution < 1.29 is 37.5 Å². The van der Waals surface area contributed by atoms with Gasteiger partial charge in [0, 0.05) is 32.7 Å². The molecule has 1 nitrogen and oxygen atoms in total. The predicted octanol–water partition coefficient (Wildman–Crippen LogP) is 1.21. The molecule has 0 atom stereocenters. The normalized spacial score (nSPS) is 7.17. The van der Waals surface area contributed by atoms with E-state index in [9.17, 15) is 4.79 Å². The van der Waals surface area contributed by atoms with Crippen LogP contribution in [-0.2, 0) is 37.5 Å². The van der Waals surface area contributed by atoms with Gasteiger partial charge in [0.05, 0.1) is 0 Å². The molecule has 0 saturated carbocycles. The molecule has 0 spiro atoms. The van der Waals surface area contributed by atoms with Crippen molar-refractivity contribution in [2.45, 2.75) is 3.74 Å². The summed E-state index contributed by atoms with van der Waals surface area (Å²) >= 11 is 5.73. The van der Waals surface area contributed by atoms with Crippen LogP contribution >= 0.6 is 31.9 Å². The molecule has 4 heteroatoms. The van der Waals surface area contributed by atoms with Crippen molar-refractivity contribution in [1.29, 1.82) is 0 Å². The summed E-state index contributed by atoms with van der Waals surface area (Å²) in [5.74, 6) is 0. The van der Waals surface area contributed by atoms with E-state index >= 15 is 0 Å². The van der Waals surface area contributed by atoms with Gasteiger partial charge in [-0.05, 0) is 3.74 Å². The van der Waals surface area contributed by atoms with Crippen LogP contribution < -0.4 is 0 Å². The van der Waals surface area contributed by atoms with Gasteiger partial charge in [-0.15, -0.1) is 31.9 Å². The Morgan fingerprint density at radius 1 is 1.50 bits per heavy atom. The summed E-state index contributed by atoms with van der Waals surface area (Å²) < 4.78 is -0.296. The SMILES string of the molecule is O=[C-]C(Br)Br.[Y]. The van der Waals surface area contributed by atoms with Crippen LogP contribution in [0.25, 0.3) is 0 Å². The molecule has 0 aliphatic heterocycles. The Morgan fingerprint density at radius 3 is 1.67 bits per heavy atom. The average Bonchev–Trinajstić information content (AvgIpc) is 1.38. The minimum atomic E-state index is -0.296. The first-order chi connectivity index (χ1) is 2.27. The van der Waals surface area contributed by atoms with Gasteiger partial charge in [0.1, 0.15) is 0 Å². The quantitative estimate of drug-likeness (QED) is 0.524. The van der Waals surface area contributed by atoms with E-state index in [0.29, 0.717) is 0 Å². The molecule has 0 saturated heterocycles. The Balaban J connectivity index is 0. The summed E-state index contributed by atoms with van der Waals surface area (Å²) in [4.78, 5) is 9.29. The van der Waals surface area contributed by atoms with Crippen LogP contribution in [0.1, 0.15) is 0 Å². The molecule has 1 radical (unpaired) electrons. The maximum Gasteiger partial charge on any atom is 0 e. The second-order valence-corrected chi connectivity index (χ2v) is 3.48. The Labute approximate surface area is 78.4 Å². The van der Waals surface area contributed by atoms with Crippen LogP contribution in [0.4, 0.5) is 0 Å². The zero-order chi connectivity index (χ0) is 4.28. The molecular formula is C2HBr2OY-. The smallest absolute Gasteiger partial charge is 0 e. The molecule has 0 aliphatic rings. The van der Waals surface area contributed by atoms with Gasteiger partial charge in [0.2, 0.25) is 0 Å². The van der Waals surface area contributed by atoms with Gasteiger partial charge in [0.15, 0.2) is 0 Å². The maximum absolute atomic E-state index is 9.29. The number of hydrogen-bond acceptors (Lipinski definition) is 1. The summed E-state index contributed by atoms with van der Waals surface area (Å²) in [7, 11) is 0. The minimum absolute atomic E-state index is 0. The number of alkyl halides is 2. The third-order valence-electron chi connectivity index (χ3n) is 0.0891. The monoisotopic (exact) mass is 288 g/mol.